The molecule has 2 amide bonds. The number of aliphatic carboxylic acids is 1. The molecule has 0 aliphatic heterocycles. The summed E-state index contributed by atoms with van der Waals surface area (Å²) in [6.45, 7) is 1.15. The van der Waals surface area contributed by atoms with Gasteiger partial charge in [0.2, 0.25) is 5.91 Å². The molecule has 9 heteroatoms. The molecule has 9 nitrogen and oxygen atoms in total. The van der Waals surface area contributed by atoms with Crippen molar-refractivity contribution in [3.63, 3.8) is 0 Å². The van der Waals surface area contributed by atoms with Crippen LogP contribution in [0.1, 0.15) is 19.0 Å². The number of amides is 2. The SMILES string of the molecule is CC(=O)NNC(=O)Cn1cc(CCC(=O)O)nn1. The predicted octanol–water partition coefficient (Wildman–Crippen LogP) is -1.54. The second-order valence-electron chi connectivity index (χ2n) is 3.53. The van der Waals surface area contributed by atoms with Gasteiger partial charge < -0.3 is 5.11 Å². The Morgan fingerprint density at radius 2 is 2.11 bits per heavy atom. The van der Waals surface area contributed by atoms with E-state index in [1.54, 1.807) is 0 Å². The second kappa shape index (κ2) is 6.33. The molecule has 1 heterocycles. The molecule has 0 spiro atoms. The minimum absolute atomic E-state index is 0.0449. The van der Waals surface area contributed by atoms with Crippen LogP contribution in [0.25, 0.3) is 0 Å². The van der Waals surface area contributed by atoms with Gasteiger partial charge in [-0.3, -0.25) is 25.2 Å². The standard InChI is InChI=1S/C9H13N5O4/c1-6(15)10-12-8(16)5-14-4-7(11-13-14)2-3-9(17)18/h4H,2-3,5H2,1H3,(H,10,15)(H,12,16)(H,17,18). The van der Waals surface area contributed by atoms with Gasteiger partial charge in [-0.05, 0) is 0 Å². The number of hydrogen-bond donors (Lipinski definition) is 3. The molecule has 3 N–H and O–H groups in total. The lowest BCUT2D eigenvalue weighted by Gasteiger charge is -2.03. The van der Waals surface area contributed by atoms with Gasteiger partial charge in [0.1, 0.15) is 6.54 Å². The van der Waals surface area contributed by atoms with Gasteiger partial charge >= 0.3 is 5.97 Å². The summed E-state index contributed by atoms with van der Waals surface area (Å²) in [6, 6.07) is 0. The first-order valence-electron chi connectivity index (χ1n) is 5.13. The van der Waals surface area contributed by atoms with E-state index in [-0.39, 0.29) is 25.3 Å². The molecule has 0 fully saturated rings. The molecule has 0 saturated heterocycles. The van der Waals surface area contributed by atoms with Crippen LogP contribution >= 0.6 is 0 Å². The van der Waals surface area contributed by atoms with Gasteiger partial charge in [-0.1, -0.05) is 5.21 Å². The van der Waals surface area contributed by atoms with Gasteiger partial charge in [0.15, 0.2) is 0 Å². The van der Waals surface area contributed by atoms with Gasteiger partial charge in [0.25, 0.3) is 5.91 Å². The van der Waals surface area contributed by atoms with Crippen LogP contribution in [0.5, 0.6) is 0 Å². The first-order chi connectivity index (χ1) is 8.47. The molecule has 0 bridgehead atoms. The quantitative estimate of drug-likeness (QED) is 0.547. The zero-order valence-electron chi connectivity index (χ0n) is 9.71. The van der Waals surface area contributed by atoms with E-state index in [0.717, 1.165) is 0 Å². The van der Waals surface area contributed by atoms with Crippen LogP contribution < -0.4 is 10.9 Å². The maximum Gasteiger partial charge on any atom is 0.303 e. The molecule has 1 rings (SSSR count). The number of hydrogen-bond acceptors (Lipinski definition) is 5. The summed E-state index contributed by atoms with van der Waals surface area (Å²) in [5.41, 5.74) is 4.79. The van der Waals surface area contributed by atoms with E-state index < -0.39 is 11.9 Å². The molecular weight excluding hydrogens is 242 g/mol. The Bertz CT molecular complexity index is 456. The molecule has 98 valence electrons. The predicted molar refractivity (Wildman–Crippen MR) is 57.9 cm³/mol. The number of nitrogens with one attached hydrogen (secondary N) is 2. The number of aromatic nitrogens is 3. The van der Waals surface area contributed by atoms with Crippen LogP contribution in [0.15, 0.2) is 6.20 Å². The normalized spacial score (nSPS) is 9.83. The van der Waals surface area contributed by atoms with E-state index in [1.807, 2.05) is 0 Å². The van der Waals surface area contributed by atoms with Gasteiger partial charge in [0, 0.05) is 19.5 Å². The lowest BCUT2D eigenvalue weighted by Crippen LogP contribution is -2.42. The van der Waals surface area contributed by atoms with Crippen molar-refractivity contribution < 1.29 is 19.5 Å². The van der Waals surface area contributed by atoms with E-state index >= 15 is 0 Å². The third-order valence-electron chi connectivity index (χ3n) is 1.86. The summed E-state index contributed by atoms with van der Waals surface area (Å²) < 4.78 is 1.26. The zero-order chi connectivity index (χ0) is 13.5. The van der Waals surface area contributed by atoms with Gasteiger partial charge in [-0.25, -0.2) is 4.68 Å². The van der Waals surface area contributed by atoms with Crippen LogP contribution in [-0.4, -0.2) is 37.9 Å². The fourth-order valence-electron chi connectivity index (χ4n) is 1.11. The topological polar surface area (TPSA) is 126 Å². The molecule has 0 aromatic carbocycles. The fraction of sp³-hybridized carbons (Fsp3) is 0.444. The molecular formula is C9H13N5O4. The van der Waals surface area contributed by atoms with Crippen LogP contribution in [0, 0.1) is 0 Å². The highest BCUT2D eigenvalue weighted by molar-refractivity contribution is 5.80. The molecule has 0 atom stereocenters. The summed E-state index contributed by atoms with van der Waals surface area (Å²) >= 11 is 0. The first-order valence-corrected chi connectivity index (χ1v) is 5.13. The number of aryl methyl sites for hydroxylation is 1. The van der Waals surface area contributed by atoms with Crippen molar-refractivity contribution in [3.05, 3.63) is 11.9 Å². The Morgan fingerprint density at radius 3 is 2.72 bits per heavy atom. The van der Waals surface area contributed by atoms with E-state index in [9.17, 15) is 14.4 Å². The first kappa shape index (κ1) is 13.6. The van der Waals surface area contributed by atoms with E-state index in [2.05, 4.69) is 21.2 Å². The summed E-state index contributed by atoms with van der Waals surface area (Å²) in [5.74, 6) is -1.77. The number of rotatable bonds is 5. The fourth-order valence-corrected chi connectivity index (χ4v) is 1.11. The molecule has 0 aliphatic carbocycles. The number of carboxylic acids is 1. The Balaban J connectivity index is 2.41. The zero-order valence-corrected chi connectivity index (χ0v) is 9.71. The Hall–Kier alpha value is -2.45. The number of hydrazine groups is 1. The Kier molecular flexibility index (Phi) is 4.78. The highest BCUT2D eigenvalue weighted by Crippen LogP contribution is 1.97. The third kappa shape index (κ3) is 5.05. The summed E-state index contributed by atoms with van der Waals surface area (Å²) in [6.07, 6.45) is 1.69. The summed E-state index contributed by atoms with van der Waals surface area (Å²) in [5, 5.41) is 15.9. The summed E-state index contributed by atoms with van der Waals surface area (Å²) in [7, 11) is 0. The number of carboxylic acid groups (broad SMARTS) is 1. The van der Waals surface area contributed by atoms with Crippen LogP contribution in [0.3, 0.4) is 0 Å². The van der Waals surface area contributed by atoms with E-state index in [0.29, 0.717) is 5.69 Å². The Labute approximate surface area is 102 Å². The van der Waals surface area contributed by atoms with Crippen molar-refractivity contribution in [2.24, 2.45) is 0 Å². The van der Waals surface area contributed by atoms with Crippen LogP contribution in [-0.2, 0) is 27.3 Å². The van der Waals surface area contributed by atoms with Gasteiger partial charge in [0.05, 0.1) is 12.1 Å². The molecule has 1 aromatic rings. The number of nitrogens with zero attached hydrogens (tertiary/aromatic N) is 3. The van der Waals surface area contributed by atoms with Crippen molar-refractivity contribution in [2.45, 2.75) is 26.3 Å². The third-order valence-corrected chi connectivity index (χ3v) is 1.86. The molecule has 1 aromatic heterocycles. The Morgan fingerprint density at radius 1 is 1.39 bits per heavy atom. The smallest absolute Gasteiger partial charge is 0.303 e. The summed E-state index contributed by atoms with van der Waals surface area (Å²) in [4.78, 5) is 32.2. The second-order valence-corrected chi connectivity index (χ2v) is 3.53. The molecule has 0 saturated carbocycles. The van der Waals surface area contributed by atoms with Crippen LogP contribution in [0.4, 0.5) is 0 Å². The minimum Gasteiger partial charge on any atom is -0.481 e. The average Bonchev–Trinajstić information content (AvgIpc) is 2.71. The van der Waals surface area contributed by atoms with Crippen LogP contribution in [0.2, 0.25) is 0 Å². The van der Waals surface area contributed by atoms with Gasteiger partial charge in [-0.15, -0.1) is 5.10 Å². The largest absolute Gasteiger partial charge is 0.481 e. The monoisotopic (exact) mass is 255 g/mol. The lowest BCUT2D eigenvalue weighted by atomic mass is 10.2. The van der Waals surface area contributed by atoms with Gasteiger partial charge in [-0.2, -0.15) is 0 Å². The molecule has 0 aliphatic rings. The van der Waals surface area contributed by atoms with Crippen molar-refractivity contribution >= 4 is 17.8 Å². The maximum atomic E-state index is 11.3. The van der Waals surface area contributed by atoms with Crippen molar-refractivity contribution in [1.29, 1.82) is 0 Å². The van der Waals surface area contributed by atoms with Crippen molar-refractivity contribution in [3.8, 4) is 0 Å². The number of carbonyl (C=O) groups excluding carboxylic acids is 2. The highest BCUT2D eigenvalue weighted by Gasteiger charge is 2.07. The van der Waals surface area contributed by atoms with Crippen molar-refractivity contribution in [1.82, 2.24) is 25.8 Å². The maximum absolute atomic E-state index is 11.3. The number of carbonyl (C=O) groups is 3. The minimum atomic E-state index is -0.923. The van der Waals surface area contributed by atoms with E-state index in [1.165, 1.54) is 17.8 Å². The molecule has 18 heavy (non-hydrogen) atoms. The van der Waals surface area contributed by atoms with Crippen molar-refractivity contribution in [2.75, 3.05) is 0 Å². The lowest BCUT2D eigenvalue weighted by molar-refractivity contribution is -0.137. The average molecular weight is 255 g/mol. The molecule has 0 radical (unpaired) electrons. The van der Waals surface area contributed by atoms with E-state index in [4.69, 9.17) is 5.11 Å². The highest BCUT2D eigenvalue weighted by atomic mass is 16.4. The molecule has 0 unspecified atom stereocenters.